The highest BCUT2D eigenvalue weighted by Crippen LogP contribution is 2.36. The second-order valence-corrected chi connectivity index (χ2v) is 6.21. The number of aliphatic hydroxyl groups excluding tert-OH is 1. The molecule has 1 aliphatic heterocycles. The van der Waals surface area contributed by atoms with Crippen LogP contribution >= 0.6 is 11.3 Å². The second kappa shape index (κ2) is 7.13. The van der Waals surface area contributed by atoms with Crippen molar-refractivity contribution >= 4 is 11.3 Å². The molecule has 1 aromatic carbocycles. The molecule has 0 radical (unpaired) electrons. The van der Waals surface area contributed by atoms with Crippen LogP contribution in [-0.2, 0) is 13.1 Å². The largest absolute Gasteiger partial charge is 0.454 e. The van der Waals surface area contributed by atoms with Gasteiger partial charge in [-0.1, -0.05) is 19.1 Å². The van der Waals surface area contributed by atoms with E-state index in [4.69, 9.17) is 9.47 Å². The van der Waals surface area contributed by atoms with Crippen LogP contribution < -0.4 is 9.47 Å². The van der Waals surface area contributed by atoms with Gasteiger partial charge in [0, 0.05) is 24.7 Å². The van der Waals surface area contributed by atoms with E-state index in [-0.39, 0.29) is 19.4 Å². The number of benzene rings is 1. The Morgan fingerprint density at radius 2 is 2.18 bits per heavy atom. The lowest BCUT2D eigenvalue weighted by Gasteiger charge is -2.30. The molecule has 3 rings (SSSR count). The van der Waals surface area contributed by atoms with Crippen LogP contribution in [-0.4, -0.2) is 29.4 Å². The van der Waals surface area contributed by atoms with Crippen LogP contribution in [0.25, 0.3) is 0 Å². The summed E-state index contributed by atoms with van der Waals surface area (Å²) in [6.45, 7) is 4.12. The summed E-state index contributed by atoms with van der Waals surface area (Å²) in [6, 6.07) is 8.26. The second-order valence-electron chi connectivity index (χ2n) is 5.43. The Bertz CT molecular complexity index is 596. The number of hydrogen-bond donors (Lipinski definition) is 1. The average molecular weight is 319 g/mol. The fourth-order valence-electron chi connectivity index (χ4n) is 2.77. The lowest BCUT2D eigenvalue weighted by molar-refractivity contribution is 0.105. The van der Waals surface area contributed by atoms with Crippen LogP contribution in [0.2, 0.25) is 0 Å². The minimum atomic E-state index is 0.137. The minimum Gasteiger partial charge on any atom is -0.454 e. The van der Waals surface area contributed by atoms with Crippen molar-refractivity contribution in [3.05, 3.63) is 46.2 Å². The third-order valence-corrected chi connectivity index (χ3v) is 4.75. The van der Waals surface area contributed by atoms with Crippen molar-refractivity contribution in [2.75, 3.05) is 13.4 Å². The Morgan fingerprint density at radius 3 is 2.91 bits per heavy atom. The van der Waals surface area contributed by atoms with E-state index >= 15 is 0 Å². The summed E-state index contributed by atoms with van der Waals surface area (Å²) in [5, 5.41) is 13.9. The molecular formula is C17H21NO3S. The zero-order valence-electron chi connectivity index (χ0n) is 12.7. The van der Waals surface area contributed by atoms with Gasteiger partial charge in [0.15, 0.2) is 11.5 Å². The molecule has 0 amide bonds. The van der Waals surface area contributed by atoms with E-state index in [2.05, 4.69) is 34.7 Å². The quantitative estimate of drug-likeness (QED) is 0.850. The molecule has 118 valence electrons. The Balaban J connectivity index is 1.82. The third-order valence-electron chi connectivity index (χ3n) is 4.02. The number of thiophene rings is 1. The molecular weight excluding hydrogens is 298 g/mol. The standard InChI is InChI=1S/C17H21NO3S/c1-2-15(10-19)18(8-13-6-7-22-11-13)9-14-4-3-5-16-17(14)21-12-20-16/h3-7,11,15,19H,2,8-10,12H2,1H3. The first-order valence-electron chi connectivity index (χ1n) is 7.55. The predicted octanol–water partition coefficient (Wildman–Crippen LogP) is 3.25. The fourth-order valence-corrected chi connectivity index (χ4v) is 3.43. The summed E-state index contributed by atoms with van der Waals surface area (Å²) < 4.78 is 11.1. The zero-order valence-corrected chi connectivity index (χ0v) is 13.5. The van der Waals surface area contributed by atoms with Gasteiger partial charge in [-0.25, -0.2) is 0 Å². The smallest absolute Gasteiger partial charge is 0.231 e. The first kappa shape index (κ1) is 15.3. The van der Waals surface area contributed by atoms with Crippen molar-refractivity contribution in [3.8, 4) is 11.5 Å². The highest BCUT2D eigenvalue weighted by atomic mass is 32.1. The van der Waals surface area contributed by atoms with E-state index in [1.807, 2.05) is 12.1 Å². The average Bonchev–Trinajstić information content (AvgIpc) is 3.19. The maximum absolute atomic E-state index is 9.70. The fraction of sp³-hybridized carbons (Fsp3) is 0.412. The molecule has 4 nitrogen and oxygen atoms in total. The molecule has 1 atom stereocenters. The Hall–Kier alpha value is -1.56. The highest BCUT2D eigenvalue weighted by Gasteiger charge is 2.22. The normalized spacial score (nSPS) is 14.5. The Morgan fingerprint density at radius 1 is 1.27 bits per heavy atom. The van der Waals surface area contributed by atoms with Crippen molar-refractivity contribution < 1.29 is 14.6 Å². The van der Waals surface area contributed by atoms with E-state index in [9.17, 15) is 5.11 Å². The molecule has 1 unspecified atom stereocenters. The molecule has 0 bridgehead atoms. The zero-order chi connectivity index (χ0) is 15.4. The first-order valence-corrected chi connectivity index (χ1v) is 8.49. The number of nitrogens with zero attached hydrogens (tertiary/aromatic N) is 1. The molecule has 1 N–H and O–H groups in total. The van der Waals surface area contributed by atoms with E-state index in [0.717, 1.165) is 36.6 Å². The SMILES string of the molecule is CCC(CO)N(Cc1ccsc1)Cc1cccc2c1OCO2. The summed E-state index contributed by atoms with van der Waals surface area (Å²) in [5.41, 5.74) is 2.39. The van der Waals surface area contributed by atoms with E-state index in [1.54, 1.807) is 11.3 Å². The lowest BCUT2D eigenvalue weighted by Crippen LogP contribution is -2.36. The molecule has 1 aliphatic rings. The van der Waals surface area contributed by atoms with Gasteiger partial charge in [0.05, 0.1) is 6.61 Å². The van der Waals surface area contributed by atoms with Gasteiger partial charge in [-0.15, -0.1) is 0 Å². The number of hydrogen-bond acceptors (Lipinski definition) is 5. The van der Waals surface area contributed by atoms with Gasteiger partial charge in [-0.3, -0.25) is 4.90 Å². The molecule has 0 spiro atoms. The van der Waals surface area contributed by atoms with Crippen molar-refractivity contribution in [2.45, 2.75) is 32.5 Å². The monoisotopic (exact) mass is 319 g/mol. The molecule has 5 heteroatoms. The summed E-state index contributed by atoms with van der Waals surface area (Å²) in [5.74, 6) is 1.65. The number of fused-ring (bicyclic) bond motifs is 1. The van der Waals surface area contributed by atoms with Crippen LogP contribution in [0, 0.1) is 0 Å². The summed E-state index contributed by atoms with van der Waals surface area (Å²) >= 11 is 1.70. The summed E-state index contributed by atoms with van der Waals surface area (Å²) in [6.07, 6.45) is 0.910. The first-order chi connectivity index (χ1) is 10.8. The highest BCUT2D eigenvalue weighted by molar-refractivity contribution is 7.07. The maximum Gasteiger partial charge on any atom is 0.231 e. The van der Waals surface area contributed by atoms with Crippen LogP contribution in [0.5, 0.6) is 11.5 Å². The minimum absolute atomic E-state index is 0.137. The number of para-hydroxylation sites is 1. The van der Waals surface area contributed by atoms with Gasteiger partial charge < -0.3 is 14.6 Å². The van der Waals surface area contributed by atoms with E-state index < -0.39 is 0 Å². The van der Waals surface area contributed by atoms with Crippen molar-refractivity contribution in [3.63, 3.8) is 0 Å². The molecule has 0 saturated carbocycles. The molecule has 2 aromatic rings. The van der Waals surface area contributed by atoms with Crippen LogP contribution in [0.4, 0.5) is 0 Å². The van der Waals surface area contributed by atoms with Gasteiger partial charge in [0.25, 0.3) is 0 Å². The number of rotatable bonds is 7. The lowest BCUT2D eigenvalue weighted by atomic mass is 10.1. The maximum atomic E-state index is 9.70. The van der Waals surface area contributed by atoms with Crippen LogP contribution in [0.3, 0.4) is 0 Å². The molecule has 2 heterocycles. The molecule has 22 heavy (non-hydrogen) atoms. The Labute approximate surface area is 134 Å². The molecule has 0 fully saturated rings. The van der Waals surface area contributed by atoms with Gasteiger partial charge in [0.1, 0.15) is 0 Å². The molecule has 1 aromatic heterocycles. The molecule has 0 saturated heterocycles. The molecule has 0 aliphatic carbocycles. The summed E-state index contributed by atoms with van der Waals surface area (Å²) in [4.78, 5) is 2.30. The van der Waals surface area contributed by atoms with Crippen molar-refractivity contribution in [1.29, 1.82) is 0 Å². The predicted molar refractivity (Wildman–Crippen MR) is 87.3 cm³/mol. The number of ether oxygens (including phenoxy) is 2. The van der Waals surface area contributed by atoms with Crippen LogP contribution in [0.15, 0.2) is 35.0 Å². The van der Waals surface area contributed by atoms with Gasteiger partial charge in [-0.2, -0.15) is 11.3 Å². The van der Waals surface area contributed by atoms with Crippen LogP contribution in [0.1, 0.15) is 24.5 Å². The van der Waals surface area contributed by atoms with Gasteiger partial charge in [-0.05, 0) is 34.9 Å². The topological polar surface area (TPSA) is 41.9 Å². The van der Waals surface area contributed by atoms with E-state index in [0.29, 0.717) is 0 Å². The van der Waals surface area contributed by atoms with Crippen molar-refractivity contribution in [1.82, 2.24) is 4.90 Å². The number of aliphatic hydroxyl groups is 1. The summed E-state index contributed by atoms with van der Waals surface area (Å²) in [7, 11) is 0. The van der Waals surface area contributed by atoms with Gasteiger partial charge in [0.2, 0.25) is 6.79 Å². The van der Waals surface area contributed by atoms with Gasteiger partial charge >= 0.3 is 0 Å². The van der Waals surface area contributed by atoms with Crippen molar-refractivity contribution in [2.24, 2.45) is 0 Å². The Kier molecular flexibility index (Phi) is 4.97. The third kappa shape index (κ3) is 3.27. The van der Waals surface area contributed by atoms with E-state index in [1.165, 1.54) is 5.56 Å².